The number of aryl methyl sites for hydroxylation is 2. The third kappa shape index (κ3) is 5.44. The molecule has 1 saturated heterocycles. The number of nitrogens with zero attached hydrogens (tertiary/aromatic N) is 3. The number of aromatic nitrogens is 1. The molecule has 3 amide bonds. The van der Waals surface area contributed by atoms with Crippen molar-refractivity contribution in [2.75, 3.05) is 6.54 Å². The second-order valence-corrected chi connectivity index (χ2v) is 12.2. The molecule has 0 spiro atoms. The van der Waals surface area contributed by atoms with E-state index >= 15 is 0 Å². The minimum atomic E-state index is -1.51. The first kappa shape index (κ1) is 27.7. The first-order chi connectivity index (χ1) is 17.9. The number of rotatable bonds is 7. The average molecular weight is 540 g/mol. The molecule has 1 saturated carbocycles. The van der Waals surface area contributed by atoms with Gasteiger partial charge < -0.3 is 15.5 Å². The highest BCUT2D eigenvalue weighted by Crippen LogP contribution is 2.45. The van der Waals surface area contributed by atoms with Crippen LogP contribution < -0.4 is 10.6 Å². The lowest BCUT2D eigenvalue weighted by molar-refractivity contribution is -0.145. The third-order valence-corrected chi connectivity index (χ3v) is 8.44. The Morgan fingerprint density at radius 3 is 2.55 bits per heavy atom. The summed E-state index contributed by atoms with van der Waals surface area (Å²) in [6.07, 6.45) is -0.571. The lowest BCUT2D eigenvalue weighted by Crippen LogP contribution is -2.59. The molecule has 0 bridgehead atoms. The Labute approximate surface area is 226 Å². The van der Waals surface area contributed by atoms with Crippen LogP contribution in [0.5, 0.6) is 0 Å². The lowest BCUT2D eigenvalue weighted by Gasteiger charge is -2.36. The van der Waals surface area contributed by atoms with Gasteiger partial charge in [-0.1, -0.05) is 39.0 Å². The highest BCUT2D eigenvalue weighted by molar-refractivity contribution is 7.13. The van der Waals surface area contributed by atoms with E-state index in [-0.39, 0.29) is 19.5 Å². The number of likely N-dealkylation sites (tertiary alicyclic amines) is 1. The zero-order valence-electron chi connectivity index (χ0n) is 22.4. The molecule has 2 fully saturated rings. The fourth-order valence-electron chi connectivity index (χ4n) is 4.81. The first-order valence-electron chi connectivity index (χ1n) is 12.8. The van der Waals surface area contributed by atoms with Gasteiger partial charge >= 0.3 is 0 Å². The Kier molecular flexibility index (Phi) is 7.62. The van der Waals surface area contributed by atoms with Crippen molar-refractivity contribution in [1.29, 1.82) is 5.26 Å². The average Bonchev–Trinajstić information content (AvgIpc) is 3.40. The van der Waals surface area contributed by atoms with Gasteiger partial charge in [0.25, 0.3) is 0 Å². The Bertz CT molecular complexity index is 1290. The van der Waals surface area contributed by atoms with Gasteiger partial charge in [0.05, 0.1) is 22.2 Å². The van der Waals surface area contributed by atoms with Gasteiger partial charge in [0, 0.05) is 13.1 Å². The quantitative estimate of drug-likeness (QED) is 0.555. The Morgan fingerprint density at radius 1 is 1.29 bits per heavy atom. The minimum Gasteiger partial charge on any atom is -0.350 e. The van der Waals surface area contributed by atoms with Crippen LogP contribution in [0, 0.1) is 36.0 Å². The molecule has 1 aliphatic carbocycles. The van der Waals surface area contributed by atoms with E-state index in [9.17, 15) is 24.0 Å². The summed E-state index contributed by atoms with van der Waals surface area (Å²) in [7, 11) is 0. The van der Waals surface area contributed by atoms with E-state index in [0.717, 1.165) is 27.3 Å². The van der Waals surface area contributed by atoms with Crippen molar-refractivity contribution in [3.63, 3.8) is 0 Å². The van der Waals surface area contributed by atoms with Crippen LogP contribution in [0.4, 0.5) is 4.39 Å². The largest absolute Gasteiger partial charge is 0.350 e. The monoisotopic (exact) mass is 539 g/mol. The molecule has 1 aliphatic heterocycles. The van der Waals surface area contributed by atoms with Crippen LogP contribution in [-0.2, 0) is 20.9 Å². The number of alkyl halides is 1. The van der Waals surface area contributed by atoms with Gasteiger partial charge in [-0.15, -0.1) is 11.3 Å². The molecular formula is C28H34FN5O3S. The van der Waals surface area contributed by atoms with Crippen molar-refractivity contribution in [3.8, 4) is 16.5 Å². The molecule has 2 aliphatic rings. The predicted molar refractivity (Wildman–Crippen MR) is 143 cm³/mol. The van der Waals surface area contributed by atoms with Crippen LogP contribution in [-0.4, -0.2) is 52.4 Å². The number of benzene rings is 1. The Morgan fingerprint density at radius 2 is 2.00 bits per heavy atom. The van der Waals surface area contributed by atoms with Crippen LogP contribution in [0.1, 0.15) is 56.9 Å². The minimum absolute atomic E-state index is 0.0404. The van der Waals surface area contributed by atoms with Crippen LogP contribution in [0.25, 0.3) is 10.4 Å². The third-order valence-electron chi connectivity index (χ3n) is 7.47. The Hall–Kier alpha value is -3.32. The lowest BCUT2D eigenvalue weighted by atomic mass is 9.85. The summed E-state index contributed by atoms with van der Waals surface area (Å²) in [4.78, 5) is 46.2. The highest BCUT2D eigenvalue weighted by Gasteiger charge is 2.53. The second-order valence-electron chi connectivity index (χ2n) is 11.4. The summed E-state index contributed by atoms with van der Waals surface area (Å²) >= 11 is 1.57. The maximum Gasteiger partial charge on any atom is 0.246 e. The number of thiazole rings is 1. The summed E-state index contributed by atoms with van der Waals surface area (Å²) in [5, 5.41) is 14.9. The van der Waals surface area contributed by atoms with E-state index in [4.69, 9.17) is 0 Å². The van der Waals surface area contributed by atoms with Gasteiger partial charge in [0.15, 0.2) is 0 Å². The van der Waals surface area contributed by atoms with Crippen molar-refractivity contribution in [3.05, 3.63) is 40.5 Å². The summed E-state index contributed by atoms with van der Waals surface area (Å²) in [6.45, 7) is 9.56. The highest BCUT2D eigenvalue weighted by atomic mass is 32.1. The van der Waals surface area contributed by atoms with Crippen molar-refractivity contribution >= 4 is 29.1 Å². The molecule has 10 heteroatoms. The summed E-state index contributed by atoms with van der Waals surface area (Å²) < 4.78 is 15.0. The summed E-state index contributed by atoms with van der Waals surface area (Å²) in [5.41, 5.74) is 3.88. The molecule has 202 valence electrons. The fraction of sp³-hybridized carbons (Fsp3) is 0.536. The topological polar surface area (TPSA) is 115 Å². The van der Waals surface area contributed by atoms with Crippen molar-refractivity contribution in [2.24, 2.45) is 10.8 Å². The number of hydrogen-bond donors (Lipinski definition) is 2. The van der Waals surface area contributed by atoms with Gasteiger partial charge in [-0.3, -0.25) is 14.4 Å². The van der Waals surface area contributed by atoms with E-state index in [0.29, 0.717) is 12.8 Å². The Balaban J connectivity index is 1.46. The summed E-state index contributed by atoms with van der Waals surface area (Å²) in [5.74, 6) is -1.57. The van der Waals surface area contributed by atoms with Crippen molar-refractivity contribution in [1.82, 2.24) is 20.5 Å². The summed E-state index contributed by atoms with van der Waals surface area (Å²) in [6, 6.07) is 5.71. The van der Waals surface area contributed by atoms with Gasteiger partial charge in [-0.25, -0.2) is 9.37 Å². The van der Waals surface area contributed by atoms with Gasteiger partial charge in [0.1, 0.15) is 23.7 Å². The zero-order valence-corrected chi connectivity index (χ0v) is 23.2. The second kappa shape index (κ2) is 10.4. The molecule has 8 nitrogen and oxygen atoms in total. The predicted octanol–water partition coefficient (Wildman–Crippen LogP) is 3.82. The molecule has 1 unspecified atom stereocenters. The molecule has 3 atom stereocenters. The van der Waals surface area contributed by atoms with Crippen molar-refractivity contribution in [2.45, 2.75) is 78.7 Å². The van der Waals surface area contributed by atoms with Crippen LogP contribution in [0.15, 0.2) is 23.7 Å². The molecule has 2 heterocycles. The fourth-order valence-corrected chi connectivity index (χ4v) is 5.61. The maximum atomic E-state index is 15.0. The molecule has 4 rings (SSSR count). The first-order valence-corrected chi connectivity index (χ1v) is 13.7. The molecule has 38 heavy (non-hydrogen) atoms. The van der Waals surface area contributed by atoms with Gasteiger partial charge in [-0.05, 0) is 55.2 Å². The SMILES string of the molecule is Cc1cc(-c2scnc2C)ccc1CNC(=O)[C@@H]1[C@@H](F)CCN1C(=O)C(NC(=O)C1(C#N)CC1)C(C)(C)C. The molecule has 0 radical (unpaired) electrons. The molecular weight excluding hydrogens is 505 g/mol. The van der Waals surface area contributed by atoms with Gasteiger partial charge in [-0.2, -0.15) is 5.26 Å². The molecule has 1 aromatic carbocycles. The van der Waals surface area contributed by atoms with E-state index < -0.39 is 46.8 Å². The maximum absolute atomic E-state index is 15.0. The standard InChI is InChI=1S/C28H34FN5O3S/c1-16-12-18(22-17(2)32-15-38-22)6-7-19(16)13-31-24(35)21-20(29)8-11-34(21)25(36)23(27(3,4)5)33-26(37)28(14-30)9-10-28/h6-7,12,15,20-21,23H,8-11,13H2,1-5H3,(H,31,35)(H,33,37)/t20-,21-,23?/m0/s1. The smallest absolute Gasteiger partial charge is 0.246 e. The van der Waals surface area contributed by atoms with E-state index in [2.05, 4.69) is 15.6 Å². The van der Waals surface area contributed by atoms with Crippen LogP contribution >= 0.6 is 11.3 Å². The number of carbonyl (C=O) groups excluding carboxylic acids is 3. The molecule has 2 aromatic rings. The normalized spacial score (nSPS) is 20.9. The number of nitrogens with one attached hydrogen (secondary N) is 2. The van der Waals surface area contributed by atoms with Crippen LogP contribution in [0.3, 0.4) is 0 Å². The number of carbonyl (C=O) groups is 3. The van der Waals surface area contributed by atoms with E-state index in [1.165, 1.54) is 4.90 Å². The number of amides is 3. The van der Waals surface area contributed by atoms with E-state index in [1.54, 1.807) is 37.6 Å². The molecule has 2 N–H and O–H groups in total. The van der Waals surface area contributed by atoms with E-state index in [1.807, 2.05) is 38.1 Å². The number of hydrogen-bond acceptors (Lipinski definition) is 6. The molecule has 1 aromatic heterocycles. The van der Waals surface area contributed by atoms with Crippen molar-refractivity contribution < 1.29 is 18.8 Å². The number of halogens is 1. The number of nitriles is 1. The van der Waals surface area contributed by atoms with Crippen LogP contribution in [0.2, 0.25) is 0 Å². The van der Waals surface area contributed by atoms with Gasteiger partial charge in [0.2, 0.25) is 17.7 Å². The zero-order chi connectivity index (χ0) is 27.8.